The van der Waals surface area contributed by atoms with Gasteiger partial charge >= 0.3 is 0 Å². The van der Waals surface area contributed by atoms with Crippen LogP contribution < -0.4 is 10.1 Å². The summed E-state index contributed by atoms with van der Waals surface area (Å²) in [5.41, 5.74) is 1.22. The Kier molecular flexibility index (Phi) is 7.41. The molecule has 0 heterocycles. The summed E-state index contributed by atoms with van der Waals surface area (Å²) in [5.74, 6) is 1.01. The quantitative estimate of drug-likeness (QED) is 0.654. The Morgan fingerprint density at radius 3 is 2.61 bits per heavy atom. The van der Waals surface area contributed by atoms with Gasteiger partial charge in [-0.15, -0.1) is 0 Å². The Morgan fingerprint density at radius 2 is 2.00 bits per heavy atom. The Labute approximate surface area is 109 Å². The van der Waals surface area contributed by atoms with E-state index in [1.54, 1.807) is 7.11 Å². The fourth-order valence-electron chi connectivity index (χ4n) is 1.40. The number of hydrogen-bond donors (Lipinski definition) is 2. The molecule has 0 spiro atoms. The maximum absolute atomic E-state index is 8.90. The zero-order valence-electron chi connectivity index (χ0n) is 11.2. The van der Waals surface area contributed by atoms with Crippen molar-refractivity contribution in [1.82, 2.24) is 5.32 Å². The van der Waals surface area contributed by atoms with Crippen LogP contribution in [0.25, 0.3) is 0 Å². The van der Waals surface area contributed by atoms with Crippen molar-refractivity contribution < 1.29 is 14.6 Å². The van der Waals surface area contributed by atoms with Crippen molar-refractivity contribution >= 4 is 0 Å². The Balaban J connectivity index is 2.28. The summed E-state index contributed by atoms with van der Waals surface area (Å²) in [5, 5.41) is 12.2. The lowest BCUT2D eigenvalue weighted by atomic mass is 10.2. The van der Waals surface area contributed by atoms with Crippen molar-refractivity contribution in [2.24, 2.45) is 5.92 Å². The second-order valence-electron chi connectivity index (χ2n) is 4.41. The van der Waals surface area contributed by atoms with Gasteiger partial charge in [0.05, 0.1) is 13.2 Å². The molecule has 4 nitrogen and oxygen atoms in total. The van der Waals surface area contributed by atoms with Crippen molar-refractivity contribution in [3.05, 3.63) is 29.8 Å². The molecule has 0 aliphatic rings. The van der Waals surface area contributed by atoms with Gasteiger partial charge in [0.15, 0.2) is 0 Å². The van der Waals surface area contributed by atoms with E-state index in [1.165, 1.54) is 5.56 Å². The van der Waals surface area contributed by atoms with Gasteiger partial charge in [-0.1, -0.05) is 19.1 Å². The van der Waals surface area contributed by atoms with E-state index in [4.69, 9.17) is 14.6 Å². The minimum atomic E-state index is 0.154. The molecule has 18 heavy (non-hydrogen) atoms. The molecule has 0 bridgehead atoms. The third-order valence-electron chi connectivity index (χ3n) is 2.58. The zero-order valence-corrected chi connectivity index (χ0v) is 11.2. The number of benzene rings is 1. The summed E-state index contributed by atoms with van der Waals surface area (Å²) in [6.45, 7) is 5.05. The average Bonchev–Trinajstić information content (AvgIpc) is 2.42. The third-order valence-corrected chi connectivity index (χ3v) is 2.58. The molecule has 102 valence electrons. The first-order chi connectivity index (χ1) is 8.76. The van der Waals surface area contributed by atoms with E-state index in [0.29, 0.717) is 6.61 Å². The van der Waals surface area contributed by atoms with Gasteiger partial charge in [0.1, 0.15) is 5.75 Å². The molecule has 1 aromatic rings. The predicted octanol–water partition coefficient (Wildman–Crippen LogP) is 1.43. The summed E-state index contributed by atoms with van der Waals surface area (Å²) in [7, 11) is 1.70. The number of nitrogens with one attached hydrogen (secondary N) is 1. The first kappa shape index (κ1) is 15.0. The second-order valence-corrected chi connectivity index (χ2v) is 4.41. The molecule has 2 N–H and O–H groups in total. The van der Waals surface area contributed by atoms with Gasteiger partial charge in [-0.25, -0.2) is 0 Å². The van der Waals surface area contributed by atoms with E-state index in [-0.39, 0.29) is 12.5 Å². The van der Waals surface area contributed by atoms with Gasteiger partial charge in [-0.3, -0.25) is 0 Å². The van der Waals surface area contributed by atoms with Crippen molar-refractivity contribution in [3.63, 3.8) is 0 Å². The predicted molar refractivity (Wildman–Crippen MR) is 71.8 cm³/mol. The molecular weight excluding hydrogens is 230 g/mol. The lowest BCUT2D eigenvalue weighted by Crippen LogP contribution is -2.18. The van der Waals surface area contributed by atoms with Crippen LogP contribution in [-0.2, 0) is 11.3 Å². The highest BCUT2D eigenvalue weighted by Gasteiger charge is 2.01. The first-order valence-electron chi connectivity index (χ1n) is 6.28. The lowest BCUT2D eigenvalue weighted by molar-refractivity contribution is 0.174. The lowest BCUT2D eigenvalue weighted by Gasteiger charge is -2.11. The van der Waals surface area contributed by atoms with E-state index >= 15 is 0 Å². The molecule has 1 aromatic carbocycles. The summed E-state index contributed by atoms with van der Waals surface area (Å²) in [6.07, 6.45) is 0. The van der Waals surface area contributed by atoms with Crippen LogP contribution in [0, 0.1) is 5.92 Å². The number of aliphatic hydroxyl groups is 1. The van der Waals surface area contributed by atoms with Crippen LogP contribution in [0.4, 0.5) is 0 Å². The van der Waals surface area contributed by atoms with Crippen molar-refractivity contribution in [2.45, 2.75) is 13.5 Å². The molecule has 1 atom stereocenters. The minimum absolute atomic E-state index is 0.154. The van der Waals surface area contributed by atoms with Crippen LogP contribution in [-0.4, -0.2) is 38.6 Å². The van der Waals surface area contributed by atoms with Gasteiger partial charge in [0, 0.05) is 32.7 Å². The number of hydrogen-bond acceptors (Lipinski definition) is 4. The summed E-state index contributed by atoms with van der Waals surface area (Å²) in [4.78, 5) is 0. The molecule has 1 rings (SSSR count). The average molecular weight is 253 g/mol. The molecule has 0 aromatic heterocycles. The number of aliphatic hydroxyl groups excluding tert-OH is 1. The van der Waals surface area contributed by atoms with E-state index in [9.17, 15) is 0 Å². The topological polar surface area (TPSA) is 50.7 Å². The SMILES string of the molecule is COCCNCc1ccc(OCC(C)CO)cc1. The maximum Gasteiger partial charge on any atom is 0.119 e. The molecule has 1 unspecified atom stereocenters. The molecule has 0 aliphatic carbocycles. The normalized spacial score (nSPS) is 12.4. The third kappa shape index (κ3) is 6.00. The van der Waals surface area contributed by atoms with Crippen LogP contribution in [0.5, 0.6) is 5.75 Å². The number of rotatable bonds is 9. The molecular formula is C14H23NO3. The van der Waals surface area contributed by atoms with E-state index in [2.05, 4.69) is 5.32 Å². The maximum atomic E-state index is 8.90. The van der Waals surface area contributed by atoms with Crippen LogP contribution in [0.1, 0.15) is 12.5 Å². The number of ether oxygens (including phenoxy) is 2. The highest BCUT2D eigenvalue weighted by atomic mass is 16.5. The van der Waals surface area contributed by atoms with Crippen LogP contribution in [0.2, 0.25) is 0 Å². The van der Waals surface area contributed by atoms with Crippen molar-refractivity contribution in [2.75, 3.05) is 33.5 Å². The minimum Gasteiger partial charge on any atom is -0.493 e. The molecule has 0 saturated heterocycles. The van der Waals surface area contributed by atoms with Gasteiger partial charge in [-0.2, -0.15) is 0 Å². The summed E-state index contributed by atoms with van der Waals surface area (Å²) in [6, 6.07) is 7.99. The van der Waals surface area contributed by atoms with E-state index in [0.717, 1.165) is 25.4 Å². The van der Waals surface area contributed by atoms with Gasteiger partial charge in [-0.05, 0) is 17.7 Å². The first-order valence-corrected chi connectivity index (χ1v) is 6.28. The van der Waals surface area contributed by atoms with Crippen molar-refractivity contribution in [3.8, 4) is 5.75 Å². The molecule has 4 heteroatoms. The fraction of sp³-hybridized carbons (Fsp3) is 0.571. The fourth-order valence-corrected chi connectivity index (χ4v) is 1.40. The molecule has 0 fully saturated rings. The van der Waals surface area contributed by atoms with E-state index < -0.39 is 0 Å². The molecule has 0 saturated carbocycles. The Bertz CT molecular complexity index is 313. The van der Waals surface area contributed by atoms with Gasteiger partial charge < -0.3 is 19.9 Å². The summed E-state index contributed by atoms with van der Waals surface area (Å²) >= 11 is 0. The highest BCUT2D eigenvalue weighted by Crippen LogP contribution is 2.13. The highest BCUT2D eigenvalue weighted by molar-refractivity contribution is 5.27. The van der Waals surface area contributed by atoms with Crippen LogP contribution >= 0.6 is 0 Å². The van der Waals surface area contributed by atoms with Gasteiger partial charge in [0.25, 0.3) is 0 Å². The Hall–Kier alpha value is -1.10. The molecule has 0 amide bonds. The zero-order chi connectivity index (χ0) is 13.2. The van der Waals surface area contributed by atoms with Crippen LogP contribution in [0.15, 0.2) is 24.3 Å². The number of methoxy groups -OCH3 is 1. The van der Waals surface area contributed by atoms with Crippen LogP contribution in [0.3, 0.4) is 0 Å². The molecule has 0 radical (unpaired) electrons. The smallest absolute Gasteiger partial charge is 0.119 e. The molecule has 0 aliphatic heterocycles. The monoisotopic (exact) mass is 253 g/mol. The standard InChI is InChI=1S/C14H23NO3/c1-12(10-16)11-18-14-5-3-13(4-6-14)9-15-7-8-17-2/h3-6,12,15-16H,7-11H2,1-2H3. The van der Waals surface area contributed by atoms with E-state index in [1.807, 2.05) is 31.2 Å². The van der Waals surface area contributed by atoms with Gasteiger partial charge in [0.2, 0.25) is 0 Å². The largest absolute Gasteiger partial charge is 0.493 e. The summed E-state index contributed by atoms with van der Waals surface area (Å²) < 4.78 is 10.5. The van der Waals surface area contributed by atoms with Crippen molar-refractivity contribution in [1.29, 1.82) is 0 Å². The Morgan fingerprint density at radius 1 is 1.28 bits per heavy atom. The second kappa shape index (κ2) is 8.91.